The normalized spacial score (nSPS) is 10.2. The summed E-state index contributed by atoms with van der Waals surface area (Å²) in [6.45, 7) is 5.02. The molecule has 0 aliphatic carbocycles. The van der Waals surface area contributed by atoms with E-state index < -0.39 is 0 Å². The number of hydrogen-bond donors (Lipinski definition) is 0. The molecule has 0 bridgehead atoms. The maximum Gasteiger partial charge on any atom is 0.0635 e. The van der Waals surface area contributed by atoms with Crippen molar-refractivity contribution in [2.24, 2.45) is 0 Å². The van der Waals surface area contributed by atoms with Crippen LogP contribution < -0.4 is 0 Å². The van der Waals surface area contributed by atoms with Crippen LogP contribution in [0.25, 0.3) is 0 Å². The third-order valence-corrected chi connectivity index (χ3v) is 2.45. The number of aromatic nitrogens is 1. The van der Waals surface area contributed by atoms with Crippen molar-refractivity contribution >= 4 is 0 Å². The maximum atomic E-state index is 8.51. The molecular weight excluding hydrogens is 186 g/mol. The lowest BCUT2D eigenvalue weighted by Crippen LogP contribution is -2.26. The molecule has 0 atom stereocenters. The lowest BCUT2D eigenvalue weighted by atomic mass is 10.2. The van der Waals surface area contributed by atoms with E-state index in [1.165, 1.54) is 5.56 Å². The number of likely N-dealkylation sites (N-methyl/N-ethyl adjacent to an activating group) is 1. The van der Waals surface area contributed by atoms with Gasteiger partial charge in [0.2, 0.25) is 0 Å². The van der Waals surface area contributed by atoms with E-state index >= 15 is 0 Å². The van der Waals surface area contributed by atoms with Gasteiger partial charge < -0.3 is 4.90 Å². The van der Waals surface area contributed by atoms with Crippen molar-refractivity contribution in [3.05, 3.63) is 30.1 Å². The summed E-state index contributed by atoms with van der Waals surface area (Å²) in [5, 5.41) is 8.51. The second-order valence-corrected chi connectivity index (χ2v) is 3.45. The molecule has 0 saturated carbocycles. The highest BCUT2D eigenvalue weighted by molar-refractivity contribution is 5.09. The monoisotopic (exact) mass is 203 g/mol. The fourth-order valence-electron chi connectivity index (χ4n) is 1.47. The summed E-state index contributed by atoms with van der Waals surface area (Å²) in [6, 6.07) is 6.26. The zero-order valence-corrected chi connectivity index (χ0v) is 9.19. The molecule has 0 amide bonds. The number of rotatable bonds is 6. The van der Waals surface area contributed by atoms with Crippen LogP contribution in [0.5, 0.6) is 0 Å². The van der Waals surface area contributed by atoms with Crippen LogP contribution in [0.15, 0.2) is 24.5 Å². The van der Waals surface area contributed by atoms with Gasteiger partial charge in [-0.25, -0.2) is 0 Å². The fraction of sp³-hybridized carbons (Fsp3) is 0.500. The zero-order chi connectivity index (χ0) is 10.9. The third kappa shape index (κ3) is 4.57. The fourth-order valence-corrected chi connectivity index (χ4v) is 1.47. The van der Waals surface area contributed by atoms with Crippen LogP contribution in [0.4, 0.5) is 0 Å². The van der Waals surface area contributed by atoms with E-state index in [9.17, 15) is 0 Å². The van der Waals surface area contributed by atoms with Crippen molar-refractivity contribution in [1.82, 2.24) is 9.88 Å². The topological polar surface area (TPSA) is 39.9 Å². The molecule has 0 saturated heterocycles. The van der Waals surface area contributed by atoms with Crippen LogP contribution in [-0.2, 0) is 6.42 Å². The van der Waals surface area contributed by atoms with Gasteiger partial charge in [-0.3, -0.25) is 4.98 Å². The Bertz CT molecular complexity index is 302. The Kier molecular flexibility index (Phi) is 5.42. The minimum Gasteiger partial charge on any atom is -0.302 e. The molecule has 0 radical (unpaired) electrons. The minimum absolute atomic E-state index is 0.615. The molecule has 0 aliphatic rings. The van der Waals surface area contributed by atoms with Gasteiger partial charge in [-0.1, -0.05) is 6.92 Å². The van der Waals surface area contributed by atoms with E-state index in [-0.39, 0.29) is 0 Å². The number of nitriles is 1. The Morgan fingerprint density at radius 3 is 2.67 bits per heavy atom. The van der Waals surface area contributed by atoms with Gasteiger partial charge in [-0.05, 0) is 30.7 Å². The molecule has 1 aromatic rings. The average molecular weight is 203 g/mol. The van der Waals surface area contributed by atoms with E-state index in [1.807, 2.05) is 24.5 Å². The summed E-state index contributed by atoms with van der Waals surface area (Å²) in [4.78, 5) is 6.28. The van der Waals surface area contributed by atoms with E-state index in [2.05, 4.69) is 22.9 Å². The molecule has 80 valence electrons. The van der Waals surface area contributed by atoms with Crippen LogP contribution in [-0.4, -0.2) is 29.5 Å². The smallest absolute Gasteiger partial charge is 0.0635 e. The largest absolute Gasteiger partial charge is 0.302 e. The van der Waals surface area contributed by atoms with Gasteiger partial charge in [-0.2, -0.15) is 5.26 Å². The van der Waals surface area contributed by atoms with Crippen LogP contribution in [0.1, 0.15) is 18.9 Å². The van der Waals surface area contributed by atoms with E-state index in [1.54, 1.807) is 0 Å². The molecule has 1 heterocycles. The van der Waals surface area contributed by atoms with Gasteiger partial charge in [0.1, 0.15) is 0 Å². The van der Waals surface area contributed by atoms with Gasteiger partial charge in [0, 0.05) is 31.9 Å². The van der Waals surface area contributed by atoms with Crippen molar-refractivity contribution in [2.45, 2.75) is 19.8 Å². The Morgan fingerprint density at radius 1 is 1.33 bits per heavy atom. The van der Waals surface area contributed by atoms with Crippen LogP contribution in [0.2, 0.25) is 0 Å². The summed E-state index contributed by atoms with van der Waals surface area (Å²) < 4.78 is 0. The van der Waals surface area contributed by atoms with Crippen LogP contribution in [0, 0.1) is 11.3 Å². The molecule has 0 N–H and O–H groups in total. The Hall–Kier alpha value is -1.40. The van der Waals surface area contributed by atoms with E-state index in [4.69, 9.17) is 5.26 Å². The lowest BCUT2D eigenvalue weighted by Gasteiger charge is -2.18. The molecule has 0 unspecified atom stereocenters. The maximum absolute atomic E-state index is 8.51. The van der Waals surface area contributed by atoms with Gasteiger partial charge in [0.25, 0.3) is 0 Å². The minimum atomic E-state index is 0.615. The van der Waals surface area contributed by atoms with Crippen molar-refractivity contribution in [2.75, 3.05) is 19.6 Å². The Balaban J connectivity index is 2.31. The summed E-state index contributed by atoms with van der Waals surface area (Å²) in [6.07, 6.45) is 5.29. The Labute approximate surface area is 91.4 Å². The van der Waals surface area contributed by atoms with Crippen molar-refractivity contribution in [1.29, 1.82) is 5.26 Å². The second-order valence-electron chi connectivity index (χ2n) is 3.45. The quantitative estimate of drug-likeness (QED) is 0.708. The Morgan fingerprint density at radius 2 is 2.07 bits per heavy atom. The highest BCUT2D eigenvalue weighted by Crippen LogP contribution is 2.00. The first kappa shape index (κ1) is 11.7. The van der Waals surface area contributed by atoms with Crippen LogP contribution in [0.3, 0.4) is 0 Å². The van der Waals surface area contributed by atoms with Gasteiger partial charge in [-0.15, -0.1) is 0 Å². The van der Waals surface area contributed by atoms with E-state index in [0.29, 0.717) is 6.42 Å². The summed E-state index contributed by atoms with van der Waals surface area (Å²) in [7, 11) is 0. The molecule has 0 aromatic carbocycles. The van der Waals surface area contributed by atoms with Gasteiger partial charge in [0.05, 0.1) is 6.07 Å². The molecule has 0 spiro atoms. The van der Waals surface area contributed by atoms with Gasteiger partial charge in [0.15, 0.2) is 0 Å². The molecule has 3 heteroatoms. The predicted octanol–water partition coefficient (Wildman–Crippen LogP) is 1.86. The molecule has 3 nitrogen and oxygen atoms in total. The highest BCUT2D eigenvalue weighted by Gasteiger charge is 2.01. The van der Waals surface area contributed by atoms with Gasteiger partial charge >= 0.3 is 0 Å². The summed E-state index contributed by atoms with van der Waals surface area (Å²) in [5.74, 6) is 0. The SMILES string of the molecule is CCN(CCC#N)CCc1ccncc1. The molecule has 0 fully saturated rings. The first-order valence-electron chi connectivity index (χ1n) is 5.35. The van der Waals surface area contributed by atoms with Crippen molar-refractivity contribution in [3.8, 4) is 6.07 Å². The highest BCUT2D eigenvalue weighted by atomic mass is 15.1. The first-order chi connectivity index (χ1) is 7.36. The van der Waals surface area contributed by atoms with E-state index in [0.717, 1.165) is 26.1 Å². The van der Waals surface area contributed by atoms with Crippen molar-refractivity contribution in [3.63, 3.8) is 0 Å². The predicted molar refractivity (Wildman–Crippen MR) is 60.3 cm³/mol. The first-order valence-corrected chi connectivity index (χ1v) is 5.35. The zero-order valence-electron chi connectivity index (χ0n) is 9.19. The second kappa shape index (κ2) is 6.97. The molecular formula is C12H17N3. The summed E-state index contributed by atoms with van der Waals surface area (Å²) in [5.41, 5.74) is 1.31. The van der Waals surface area contributed by atoms with Crippen molar-refractivity contribution < 1.29 is 0 Å². The number of nitrogens with zero attached hydrogens (tertiary/aromatic N) is 3. The number of hydrogen-bond acceptors (Lipinski definition) is 3. The molecule has 1 aromatic heterocycles. The lowest BCUT2D eigenvalue weighted by molar-refractivity contribution is 0.298. The number of pyridine rings is 1. The molecule has 15 heavy (non-hydrogen) atoms. The van der Waals surface area contributed by atoms with Crippen LogP contribution >= 0.6 is 0 Å². The standard InChI is InChI=1S/C12H17N3/c1-2-15(10-3-7-13)11-6-12-4-8-14-9-5-12/h4-5,8-9H,2-3,6,10-11H2,1H3. The third-order valence-electron chi connectivity index (χ3n) is 2.45. The molecule has 0 aliphatic heterocycles. The average Bonchev–Trinajstić information content (AvgIpc) is 2.31. The summed E-state index contributed by atoms with van der Waals surface area (Å²) >= 11 is 0. The molecule has 1 rings (SSSR count).